The summed E-state index contributed by atoms with van der Waals surface area (Å²) in [6.07, 6.45) is 7.83. The zero-order valence-electron chi connectivity index (χ0n) is 12.8. The van der Waals surface area contributed by atoms with Gasteiger partial charge in [0.25, 0.3) is 0 Å². The molecule has 1 amide bonds. The Morgan fingerprint density at radius 2 is 2.05 bits per heavy atom. The maximum absolute atomic E-state index is 11.9. The fraction of sp³-hybridized carbons (Fsp3) is 0.294. The standard InChI is InChI=1S/C17H21N3O/c1-4-11-20-13(2)12-15(14(20)3)5-6-17(21)19-16-7-9-18-10-8-16/h5-10,12H,4,11H2,1-3H3,(H,18,19,21). The van der Waals surface area contributed by atoms with Crippen molar-refractivity contribution in [2.45, 2.75) is 33.7 Å². The molecule has 4 heteroatoms. The van der Waals surface area contributed by atoms with E-state index >= 15 is 0 Å². The molecular weight excluding hydrogens is 262 g/mol. The number of pyridine rings is 1. The number of nitrogens with one attached hydrogen (secondary N) is 1. The molecule has 1 N–H and O–H groups in total. The lowest BCUT2D eigenvalue weighted by atomic mass is 10.2. The predicted octanol–water partition coefficient (Wildman–Crippen LogP) is 3.56. The predicted molar refractivity (Wildman–Crippen MR) is 86.1 cm³/mol. The smallest absolute Gasteiger partial charge is 0.248 e. The first-order valence-corrected chi connectivity index (χ1v) is 7.17. The maximum atomic E-state index is 11.9. The number of nitrogens with zero attached hydrogens (tertiary/aromatic N) is 2. The Morgan fingerprint density at radius 1 is 1.33 bits per heavy atom. The van der Waals surface area contributed by atoms with Crippen molar-refractivity contribution in [1.29, 1.82) is 0 Å². The molecule has 0 saturated carbocycles. The number of hydrogen-bond donors (Lipinski definition) is 1. The van der Waals surface area contributed by atoms with Crippen molar-refractivity contribution in [3.8, 4) is 0 Å². The van der Waals surface area contributed by atoms with Crippen LogP contribution in [0.4, 0.5) is 5.69 Å². The van der Waals surface area contributed by atoms with E-state index in [1.807, 2.05) is 6.08 Å². The average Bonchev–Trinajstić information content (AvgIpc) is 2.74. The normalized spacial score (nSPS) is 11.0. The molecule has 2 heterocycles. The maximum Gasteiger partial charge on any atom is 0.248 e. The van der Waals surface area contributed by atoms with Crippen molar-refractivity contribution in [1.82, 2.24) is 9.55 Å². The number of carbonyl (C=O) groups is 1. The van der Waals surface area contributed by atoms with Gasteiger partial charge in [0.1, 0.15) is 0 Å². The van der Waals surface area contributed by atoms with Crippen molar-refractivity contribution in [2.24, 2.45) is 0 Å². The fourth-order valence-corrected chi connectivity index (χ4v) is 2.35. The van der Waals surface area contributed by atoms with Gasteiger partial charge in [0.15, 0.2) is 0 Å². The first kappa shape index (κ1) is 15.0. The molecule has 0 aliphatic heterocycles. The van der Waals surface area contributed by atoms with Crippen LogP contribution in [-0.4, -0.2) is 15.5 Å². The van der Waals surface area contributed by atoms with Gasteiger partial charge in [0, 0.05) is 42.1 Å². The van der Waals surface area contributed by atoms with Crippen LogP contribution in [0.2, 0.25) is 0 Å². The fourth-order valence-electron chi connectivity index (χ4n) is 2.35. The largest absolute Gasteiger partial charge is 0.349 e. The summed E-state index contributed by atoms with van der Waals surface area (Å²) in [5.41, 5.74) is 4.26. The summed E-state index contributed by atoms with van der Waals surface area (Å²) in [7, 11) is 0. The molecule has 0 aromatic carbocycles. The Labute approximate surface area is 125 Å². The van der Waals surface area contributed by atoms with Crippen molar-refractivity contribution in [2.75, 3.05) is 5.32 Å². The van der Waals surface area contributed by atoms with Crippen LogP contribution >= 0.6 is 0 Å². The molecule has 0 unspecified atom stereocenters. The number of anilines is 1. The second kappa shape index (κ2) is 6.88. The third-order valence-electron chi connectivity index (χ3n) is 3.42. The summed E-state index contributed by atoms with van der Waals surface area (Å²) in [5.74, 6) is -0.138. The number of aromatic nitrogens is 2. The van der Waals surface area contributed by atoms with Gasteiger partial charge in [0.2, 0.25) is 5.91 Å². The van der Waals surface area contributed by atoms with Gasteiger partial charge >= 0.3 is 0 Å². The second-order valence-electron chi connectivity index (χ2n) is 5.04. The number of hydrogen-bond acceptors (Lipinski definition) is 2. The molecule has 0 atom stereocenters. The zero-order chi connectivity index (χ0) is 15.2. The summed E-state index contributed by atoms with van der Waals surface area (Å²) < 4.78 is 2.28. The van der Waals surface area contributed by atoms with Crippen LogP contribution in [0.5, 0.6) is 0 Å². The lowest BCUT2D eigenvalue weighted by Gasteiger charge is -2.06. The van der Waals surface area contributed by atoms with Gasteiger partial charge < -0.3 is 9.88 Å². The molecule has 110 valence electrons. The minimum absolute atomic E-state index is 0.138. The van der Waals surface area contributed by atoms with Crippen molar-refractivity contribution in [3.63, 3.8) is 0 Å². The molecule has 2 rings (SSSR count). The molecule has 0 aliphatic rings. The van der Waals surface area contributed by atoms with Gasteiger partial charge in [-0.2, -0.15) is 0 Å². The van der Waals surface area contributed by atoms with Gasteiger partial charge in [-0.1, -0.05) is 6.92 Å². The van der Waals surface area contributed by atoms with E-state index < -0.39 is 0 Å². The lowest BCUT2D eigenvalue weighted by molar-refractivity contribution is -0.111. The van der Waals surface area contributed by atoms with Crippen LogP contribution in [-0.2, 0) is 11.3 Å². The highest BCUT2D eigenvalue weighted by Gasteiger charge is 2.06. The van der Waals surface area contributed by atoms with E-state index in [9.17, 15) is 4.79 Å². The van der Waals surface area contributed by atoms with Crippen molar-refractivity contribution >= 4 is 17.7 Å². The van der Waals surface area contributed by atoms with E-state index in [2.05, 4.69) is 41.7 Å². The highest BCUT2D eigenvalue weighted by molar-refractivity contribution is 6.01. The van der Waals surface area contributed by atoms with Crippen LogP contribution in [0.3, 0.4) is 0 Å². The Bertz CT molecular complexity index is 642. The molecule has 2 aromatic rings. The van der Waals surface area contributed by atoms with Crippen molar-refractivity contribution < 1.29 is 4.79 Å². The summed E-state index contributed by atoms with van der Waals surface area (Å²) in [5, 5.41) is 2.81. The Kier molecular flexibility index (Phi) is 4.93. The van der Waals surface area contributed by atoms with E-state index in [0.717, 1.165) is 24.2 Å². The van der Waals surface area contributed by atoms with Crippen molar-refractivity contribution in [3.05, 3.63) is 53.6 Å². The molecule has 0 radical (unpaired) electrons. The summed E-state index contributed by atoms with van der Waals surface area (Å²) in [6.45, 7) is 7.35. The highest BCUT2D eigenvalue weighted by atomic mass is 16.1. The third kappa shape index (κ3) is 3.81. The van der Waals surface area contributed by atoms with Crippen LogP contribution in [0.25, 0.3) is 6.08 Å². The molecule has 0 bridgehead atoms. The van der Waals surface area contributed by atoms with Gasteiger partial charge in [-0.15, -0.1) is 0 Å². The molecule has 0 fully saturated rings. The van der Waals surface area contributed by atoms with Crippen LogP contribution in [0, 0.1) is 13.8 Å². The van der Waals surface area contributed by atoms with E-state index in [4.69, 9.17) is 0 Å². The summed E-state index contributed by atoms with van der Waals surface area (Å²) >= 11 is 0. The second-order valence-corrected chi connectivity index (χ2v) is 5.04. The molecule has 4 nitrogen and oxygen atoms in total. The number of carbonyl (C=O) groups excluding carboxylic acids is 1. The van der Waals surface area contributed by atoms with Gasteiger partial charge in [0.05, 0.1) is 0 Å². The van der Waals surface area contributed by atoms with Crippen LogP contribution < -0.4 is 5.32 Å². The molecule has 0 aliphatic carbocycles. The minimum atomic E-state index is -0.138. The van der Waals surface area contributed by atoms with Gasteiger partial charge in [-0.3, -0.25) is 9.78 Å². The van der Waals surface area contributed by atoms with Crippen LogP contribution in [0.15, 0.2) is 36.7 Å². The van der Waals surface area contributed by atoms with E-state index in [1.54, 1.807) is 30.6 Å². The summed E-state index contributed by atoms with van der Waals surface area (Å²) in [6, 6.07) is 5.64. The minimum Gasteiger partial charge on any atom is -0.349 e. The molecule has 21 heavy (non-hydrogen) atoms. The monoisotopic (exact) mass is 283 g/mol. The van der Waals surface area contributed by atoms with E-state index in [-0.39, 0.29) is 5.91 Å². The quantitative estimate of drug-likeness (QED) is 0.853. The first-order chi connectivity index (χ1) is 10.1. The van der Waals surface area contributed by atoms with Gasteiger partial charge in [-0.25, -0.2) is 0 Å². The zero-order valence-corrected chi connectivity index (χ0v) is 12.8. The molecular formula is C17H21N3O. The third-order valence-corrected chi connectivity index (χ3v) is 3.42. The average molecular weight is 283 g/mol. The SMILES string of the molecule is CCCn1c(C)cc(C=CC(=O)Nc2ccncc2)c1C. The Balaban J connectivity index is 2.07. The molecule has 2 aromatic heterocycles. The highest BCUT2D eigenvalue weighted by Crippen LogP contribution is 2.17. The summed E-state index contributed by atoms with van der Waals surface area (Å²) in [4.78, 5) is 15.8. The Morgan fingerprint density at radius 3 is 2.71 bits per heavy atom. The Hall–Kier alpha value is -2.36. The first-order valence-electron chi connectivity index (χ1n) is 7.17. The number of rotatable bonds is 5. The van der Waals surface area contributed by atoms with E-state index in [1.165, 1.54) is 11.4 Å². The number of aryl methyl sites for hydroxylation is 1. The molecule has 0 saturated heterocycles. The number of amides is 1. The molecule has 0 spiro atoms. The van der Waals surface area contributed by atoms with Gasteiger partial charge in [-0.05, 0) is 50.1 Å². The topological polar surface area (TPSA) is 46.9 Å². The van der Waals surface area contributed by atoms with Crippen LogP contribution in [0.1, 0.15) is 30.3 Å². The lowest BCUT2D eigenvalue weighted by Crippen LogP contribution is -2.07. The van der Waals surface area contributed by atoms with E-state index in [0.29, 0.717) is 0 Å².